The first-order valence-electron chi connectivity index (χ1n) is 4.07. The zero-order valence-electron chi connectivity index (χ0n) is 6.38. The van der Waals surface area contributed by atoms with Gasteiger partial charge >= 0.3 is 0 Å². The molecule has 0 radical (unpaired) electrons. The van der Waals surface area contributed by atoms with Crippen LogP contribution in [0.3, 0.4) is 0 Å². The Balaban J connectivity index is 2.27. The molecule has 2 rings (SSSR count). The average molecular weight is 138 g/mol. The van der Waals surface area contributed by atoms with E-state index in [2.05, 4.69) is 13.0 Å². The molecular formula is C9H14O. The minimum Gasteiger partial charge on any atom is -0.389 e. The van der Waals surface area contributed by atoms with Crippen LogP contribution in [0, 0.1) is 11.3 Å². The first kappa shape index (κ1) is 6.41. The summed E-state index contributed by atoms with van der Waals surface area (Å²) in [5.74, 6) is 0.565. The fourth-order valence-corrected chi connectivity index (χ4v) is 2.25. The molecular weight excluding hydrogens is 124 g/mol. The van der Waals surface area contributed by atoms with E-state index in [0.29, 0.717) is 11.3 Å². The van der Waals surface area contributed by atoms with Crippen LogP contribution in [0.25, 0.3) is 0 Å². The summed E-state index contributed by atoms with van der Waals surface area (Å²) in [5.41, 5.74) is 0.434. The summed E-state index contributed by atoms with van der Waals surface area (Å²) in [6, 6.07) is 0. The highest BCUT2D eigenvalue weighted by Crippen LogP contribution is 2.47. The molecule has 2 aliphatic rings. The van der Waals surface area contributed by atoms with E-state index in [1.54, 1.807) is 0 Å². The van der Waals surface area contributed by atoms with Crippen molar-refractivity contribution in [3.63, 3.8) is 0 Å². The minimum atomic E-state index is -0.143. The molecule has 0 heterocycles. The van der Waals surface area contributed by atoms with Crippen LogP contribution in [-0.4, -0.2) is 11.2 Å². The molecule has 0 spiro atoms. The number of hydrogen-bond donors (Lipinski definition) is 1. The summed E-state index contributed by atoms with van der Waals surface area (Å²) in [6.07, 6.45) is 7.71. The summed E-state index contributed by atoms with van der Waals surface area (Å²) < 4.78 is 0. The number of allylic oxidation sites excluding steroid dienone is 1. The molecule has 1 saturated carbocycles. The van der Waals surface area contributed by atoms with Crippen molar-refractivity contribution in [2.45, 2.75) is 32.3 Å². The molecule has 0 aromatic heterocycles. The predicted octanol–water partition coefficient (Wildman–Crippen LogP) is 1.72. The predicted molar refractivity (Wildman–Crippen MR) is 40.6 cm³/mol. The second kappa shape index (κ2) is 1.85. The molecule has 1 nitrogen and oxygen atoms in total. The number of fused-ring (bicyclic) bond motifs is 2. The molecule has 2 bridgehead atoms. The monoisotopic (exact) mass is 138 g/mol. The summed E-state index contributed by atoms with van der Waals surface area (Å²) in [5, 5.41) is 9.42. The second-order valence-corrected chi connectivity index (χ2v) is 4.01. The van der Waals surface area contributed by atoms with Gasteiger partial charge < -0.3 is 5.11 Å². The van der Waals surface area contributed by atoms with E-state index in [1.807, 2.05) is 6.08 Å². The topological polar surface area (TPSA) is 20.2 Å². The van der Waals surface area contributed by atoms with Gasteiger partial charge in [-0.15, -0.1) is 0 Å². The Morgan fingerprint density at radius 2 is 2.40 bits per heavy atom. The Hall–Kier alpha value is -0.300. The Labute approximate surface area is 61.8 Å². The van der Waals surface area contributed by atoms with Gasteiger partial charge in [-0.05, 0) is 30.6 Å². The van der Waals surface area contributed by atoms with Crippen molar-refractivity contribution >= 4 is 0 Å². The van der Waals surface area contributed by atoms with Crippen LogP contribution in [0.4, 0.5) is 0 Å². The molecule has 1 fully saturated rings. The van der Waals surface area contributed by atoms with Gasteiger partial charge in [-0.3, -0.25) is 0 Å². The number of aliphatic hydroxyl groups excluding tert-OH is 1. The van der Waals surface area contributed by atoms with Crippen LogP contribution in [0.5, 0.6) is 0 Å². The van der Waals surface area contributed by atoms with Crippen molar-refractivity contribution in [1.29, 1.82) is 0 Å². The van der Waals surface area contributed by atoms with E-state index >= 15 is 0 Å². The van der Waals surface area contributed by atoms with Crippen LogP contribution in [-0.2, 0) is 0 Å². The van der Waals surface area contributed by atoms with Gasteiger partial charge in [0, 0.05) is 0 Å². The highest BCUT2D eigenvalue weighted by Gasteiger charge is 2.38. The van der Waals surface area contributed by atoms with Gasteiger partial charge in [0.1, 0.15) is 0 Å². The number of aliphatic hydroxyl groups is 1. The average Bonchev–Trinajstić information content (AvgIpc) is 2.23. The second-order valence-electron chi connectivity index (χ2n) is 4.01. The molecule has 0 aliphatic heterocycles. The van der Waals surface area contributed by atoms with Gasteiger partial charge in [0.25, 0.3) is 0 Å². The molecule has 2 aliphatic carbocycles. The largest absolute Gasteiger partial charge is 0.389 e. The third-order valence-electron chi connectivity index (χ3n) is 2.99. The highest BCUT2D eigenvalue weighted by atomic mass is 16.3. The van der Waals surface area contributed by atoms with Crippen LogP contribution in [0.2, 0.25) is 0 Å². The van der Waals surface area contributed by atoms with Gasteiger partial charge in [-0.1, -0.05) is 19.1 Å². The quantitative estimate of drug-likeness (QED) is 0.505. The van der Waals surface area contributed by atoms with Gasteiger partial charge in [-0.2, -0.15) is 0 Å². The van der Waals surface area contributed by atoms with Gasteiger partial charge in [0.05, 0.1) is 6.10 Å². The van der Waals surface area contributed by atoms with E-state index < -0.39 is 0 Å². The first-order valence-corrected chi connectivity index (χ1v) is 4.07. The Morgan fingerprint density at radius 1 is 1.60 bits per heavy atom. The summed E-state index contributed by atoms with van der Waals surface area (Å²) in [7, 11) is 0. The lowest BCUT2D eigenvalue weighted by atomic mass is 9.82. The minimum absolute atomic E-state index is 0.143. The number of rotatable bonds is 0. The maximum atomic E-state index is 9.42. The van der Waals surface area contributed by atoms with E-state index in [-0.39, 0.29) is 6.10 Å². The zero-order valence-corrected chi connectivity index (χ0v) is 6.38. The molecule has 0 amide bonds. The summed E-state index contributed by atoms with van der Waals surface area (Å²) in [4.78, 5) is 0. The van der Waals surface area contributed by atoms with Crippen LogP contribution >= 0.6 is 0 Å². The van der Waals surface area contributed by atoms with E-state index in [0.717, 1.165) is 0 Å². The molecule has 0 aromatic rings. The molecule has 0 unspecified atom stereocenters. The van der Waals surface area contributed by atoms with E-state index in [4.69, 9.17) is 0 Å². The molecule has 10 heavy (non-hydrogen) atoms. The highest BCUT2D eigenvalue weighted by molar-refractivity contribution is 5.11. The number of hydrogen-bond acceptors (Lipinski definition) is 1. The van der Waals surface area contributed by atoms with Crippen molar-refractivity contribution in [2.75, 3.05) is 0 Å². The van der Waals surface area contributed by atoms with Crippen molar-refractivity contribution in [2.24, 2.45) is 11.3 Å². The third kappa shape index (κ3) is 0.807. The smallest absolute Gasteiger partial charge is 0.0749 e. The van der Waals surface area contributed by atoms with Crippen molar-refractivity contribution < 1.29 is 5.11 Å². The molecule has 0 aromatic carbocycles. The first-order chi connectivity index (χ1) is 4.70. The Kier molecular flexibility index (Phi) is 1.19. The molecule has 3 atom stereocenters. The fourth-order valence-electron chi connectivity index (χ4n) is 2.25. The normalized spacial score (nSPS) is 51.8. The fraction of sp³-hybridized carbons (Fsp3) is 0.778. The molecule has 0 saturated heterocycles. The van der Waals surface area contributed by atoms with Crippen LogP contribution in [0.15, 0.2) is 12.2 Å². The summed E-state index contributed by atoms with van der Waals surface area (Å²) >= 11 is 0. The van der Waals surface area contributed by atoms with Crippen LogP contribution in [0.1, 0.15) is 26.2 Å². The van der Waals surface area contributed by atoms with Gasteiger partial charge in [0.2, 0.25) is 0 Å². The van der Waals surface area contributed by atoms with Crippen molar-refractivity contribution in [3.05, 3.63) is 12.2 Å². The zero-order chi connectivity index (χ0) is 7.19. The van der Waals surface area contributed by atoms with Gasteiger partial charge in [-0.25, -0.2) is 0 Å². The third-order valence-corrected chi connectivity index (χ3v) is 2.99. The van der Waals surface area contributed by atoms with Gasteiger partial charge in [0.15, 0.2) is 0 Å². The van der Waals surface area contributed by atoms with Crippen molar-refractivity contribution in [3.8, 4) is 0 Å². The van der Waals surface area contributed by atoms with E-state index in [9.17, 15) is 5.11 Å². The Morgan fingerprint density at radius 3 is 3.10 bits per heavy atom. The lowest BCUT2D eigenvalue weighted by Crippen LogP contribution is -2.22. The molecule has 1 N–H and O–H groups in total. The maximum Gasteiger partial charge on any atom is 0.0749 e. The van der Waals surface area contributed by atoms with E-state index in [1.165, 1.54) is 19.3 Å². The lowest BCUT2D eigenvalue weighted by molar-refractivity contribution is 0.141. The standard InChI is InChI=1S/C9H14O/c1-9-4-2-7(6-9)8(10)3-5-9/h3,5,7-8,10H,2,4,6H2,1H3/t7-,8+,9-/m1/s1. The lowest BCUT2D eigenvalue weighted by Gasteiger charge is -2.25. The molecule has 56 valence electrons. The maximum absolute atomic E-state index is 9.42. The molecule has 1 heteroatoms. The SMILES string of the molecule is C[C@]12C=C[C@H](O)[C@H](CC1)C2. The summed E-state index contributed by atoms with van der Waals surface area (Å²) in [6.45, 7) is 2.29. The van der Waals surface area contributed by atoms with Crippen molar-refractivity contribution in [1.82, 2.24) is 0 Å². The Bertz CT molecular complexity index is 174. The van der Waals surface area contributed by atoms with Crippen LogP contribution < -0.4 is 0 Å².